The van der Waals surface area contributed by atoms with Crippen LogP contribution < -0.4 is 11.1 Å². The Balaban J connectivity index is 4.33. The van der Waals surface area contributed by atoms with Crippen molar-refractivity contribution in [3.05, 3.63) is 36.3 Å². The molecule has 0 aromatic carbocycles. The Hall–Kier alpha value is -1.18. The highest BCUT2D eigenvalue weighted by molar-refractivity contribution is 5.27. The zero-order valence-electron chi connectivity index (χ0n) is 6.57. The zero-order valence-corrected chi connectivity index (χ0v) is 6.57. The molecule has 56 valence electrons. The maximum atomic E-state index is 5.62. The van der Waals surface area contributed by atoms with Crippen LogP contribution in [0.1, 0.15) is 13.8 Å². The molecule has 0 saturated carbocycles. The van der Waals surface area contributed by atoms with Gasteiger partial charge in [0.25, 0.3) is 0 Å². The van der Waals surface area contributed by atoms with Crippen LogP contribution in [0.15, 0.2) is 36.3 Å². The molecular formula is C8H14N2. The molecule has 0 aliphatic rings. The van der Waals surface area contributed by atoms with Crippen LogP contribution >= 0.6 is 0 Å². The summed E-state index contributed by atoms with van der Waals surface area (Å²) in [5.74, 6) is 0. The smallest absolute Gasteiger partial charge is 0.0531 e. The van der Waals surface area contributed by atoms with Gasteiger partial charge in [0.2, 0.25) is 0 Å². The van der Waals surface area contributed by atoms with Crippen LogP contribution in [0.5, 0.6) is 0 Å². The van der Waals surface area contributed by atoms with Gasteiger partial charge in [-0.15, -0.1) is 0 Å². The molecule has 0 aliphatic carbocycles. The summed E-state index contributed by atoms with van der Waals surface area (Å²) in [6.45, 7) is 11.0. The quantitative estimate of drug-likeness (QED) is 0.580. The van der Waals surface area contributed by atoms with Gasteiger partial charge in [-0.2, -0.15) is 0 Å². The maximum absolute atomic E-state index is 5.62. The van der Waals surface area contributed by atoms with Crippen LogP contribution in [-0.2, 0) is 0 Å². The summed E-state index contributed by atoms with van der Waals surface area (Å²) < 4.78 is 0. The Morgan fingerprint density at radius 3 is 2.30 bits per heavy atom. The number of rotatable bonds is 3. The van der Waals surface area contributed by atoms with Gasteiger partial charge in [0.1, 0.15) is 0 Å². The monoisotopic (exact) mass is 138 g/mol. The van der Waals surface area contributed by atoms with Crippen molar-refractivity contribution in [2.24, 2.45) is 5.73 Å². The van der Waals surface area contributed by atoms with Gasteiger partial charge >= 0.3 is 0 Å². The van der Waals surface area contributed by atoms with E-state index in [2.05, 4.69) is 18.5 Å². The van der Waals surface area contributed by atoms with Crippen molar-refractivity contribution in [1.82, 2.24) is 5.32 Å². The third kappa shape index (κ3) is 2.40. The lowest BCUT2D eigenvalue weighted by atomic mass is 10.2. The Labute approximate surface area is 62.1 Å². The van der Waals surface area contributed by atoms with Crippen molar-refractivity contribution in [2.75, 3.05) is 0 Å². The molecule has 0 heterocycles. The number of hydrogen-bond donors (Lipinski definition) is 2. The van der Waals surface area contributed by atoms with Crippen LogP contribution in [0.25, 0.3) is 0 Å². The first-order valence-electron chi connectivity index (χ1n) is 3.09. The first-order valence-corrected chi connectivity index (χ1v) is 3.09. The van der Waals surface area contributed by atoms with Crippen molar-refractivity contribution in [3.8, 4) is 0 Å². The van der Waals surface area contributed by atoms with E-state index in [1.54, 1.807) is 6.20 Å². The largest absolute Gasteiger partial charge is 0.397 e. The van der Waals surface area contributed by atoms with Crippen LogP contribution in [0.4, 0.5) is 0 Å². The second kappa shape index (κ2) is 3.77. The van der Waals surface area contributed by atoms with Gasteiger partial charge in [0.15, 0.2) is 0 Å². The highest BCUT2D eigenvalue weighted by Gasteiger charge is 1.94. The Morgan fingerprint density at radius 1 is 1.50 bits per heavy atom. The van der Waals surface area contributed by atoms with E-state index in [0.29, 0.717) is 5.70 Å². The normalized spacial score (nSPS) is 11.8. The molecule has 0 rings (SSSR count). The molecular weight excluding hydrogens is 124 g/mol. The van der Waals surface area contributed by atoms with Crippen molar-refractivity contribution >= 4 is 0 Å². The standard InChI is InChI=1S/C8H14N2/c1-5-10-7(4)8(9)6(2)3/h5,10H,1-2,9H2,3-4H3/b8-7-. The van der Waals surface area contributed by atoms with E-state index in [0.717, 1.165) is 11.3 Å². The molecule has 0 bridgehead atoms. The van der Waals surface area contributed by atoms with Crippen LogP contribution in [0, 0.1) is 0 Å². The molecule has 0 saturated heterocycles. The summed E-state index contributed by atoms with van der Waals surface area (Å²) in [5.41, 5.74) is 8.07. The summed E-state index contributed by atoms with van der Waals surface area (Å²) >= 11 is 0. The fraction of sp³-hybridized carbons (Fsp3) is 0.250. The average molecular weight is 138 g/mol. The van der Waals surface area contributed by atoms with E-state index in [-0.39, 0.29) is 0 Å². The molecule has 0 spiro atoms. The first-order chi connectivity index (χ1) is 4.59. The lowest BCUT2D eigenvalue weighted by Crippen LogP contribution is -2.10. The Kier molecular flexibility index (Phi) is 3.33. The summed E-state index contributed by atoms with van der Waals surface area (Å²) in [6, 6.07) is 0. The van der Waals surface area contributed by atoms with Gasteiger partial charge in [-0.3, -0.25) is 0 Å². The zero-order chi connectivity index (χ0) is 8.15. The molecule has 0 aliphatic heterocycles. The number of allylic oxidation sites excluding steroid dienone is 2. The van der Waals surface area contributed by atoms with Gasteiger partial charge < -0.3 is 11.1 Å². The second-order valence-corrected chi connectivity index (χ2v) is 2.17. The molecule has 3 N–H and O–H groups in total. The third-order valence-electron chi connectivity index (χ3n) is 1.18. The van der Waals surface area contributed by atoms with Crippen LogP contribution in [-0.4, -0.2) is 0 Å². The lowest BCUT2D eigenvalue weighted by molar-refractivity contribution is 1.01. The van der Waals surface area contributed by atoms with E-state index in [1.165, 1.54) is 0 Å². The lowest BCUT2D eigenvalue weighted by Gasteiger charge is -2.05. The third-order valence-corrected chi connectivity index (χ3v) is 1.18. The van der Waals surface area contributed by atoms with Gasteiger partial charge in [-0.25, -0.2) is 0 Å². The maximum Gasteiger partial charge on any atom is 0.0531 e. The molecule has 0 unspecified atom stereocenters. The molecule has 0 radical (unpaired) electrons. The molecule has 0 amide bonds. The average Bonchev–Trinajstić information content (AvgIpc) is 1.87. The van der Waals surface area contributed by atoms with Crippen molar-refractivity contribution in [3.63, 3.8) is 0 Å². The summed E-state index contributed by atoms with van der Waals surface area (Å²) in [7, 11) is 0. The van der Waals surface area contributed by atoms with E-state index >= 15 is 0 Å². The SMILES string of the molecule is C=CN/C(C)=C(\N)C(=C)C. The van der Waals surface area contributed by atoms with E-state index in [9.17, 15) is 0 Å². The minimum Gasteiger partial charge on any atom is -0.397 e. The van der Waals surface area contributed by atoms with Gasteiger partial charge in [-0.1, -0.05) is 13.2 Å². The van der Waals surface area contributed by atoms with Gasteiger partial charge in [0.05, 0.1) is 5.70 Å². The van der Waals surface area contributed by atoms with E-state index in [1.807, 2.05) is 13.8 Å². The molecule has 10 heavy (non-hydrogen) atoms. The minimum atomic E-state index is 0.694. The van der Waals surface area contributed by atoms with Crippen molar-refractivity contribution in [2.45, 2.75) is 13.8 Å². The van der Waals surface area contributed by atoms with E-state index in [4.69, 9.17) is 5.73 Å². The first kappa shape index (κ1) is 8.82. The van der Waals surface area contributed by atoms with Gasteiger partial charge in [-0.05, 0) is 25.6 Å². The minimum absolute atomic E-state index is 0.694. The topological polar surface area (TPSA) is 38.0 Å². The summed E-state index contributed by atoms with van der Waals surface area (Å²) in [6.07, 6.45) is 1.59. The summed E-state index contributed by atoms with van der Waals surface area (Å²) in [5, 5.41) is 2.88. The van der Waals surface area contributed by atoms with Crippen molar-refractivity contribution in [1.29, 1.82) is 0 Å². The molecule has 0 aromatic rings. The molecule has 0 aromatic heterocycles. The number of hydrogen-bond acceptors (Lipinski definition) is 2. The Morgan fingerprint density at radius 2 is 2.00 bits per heavy atom. The number of nitrogens with one attached hydrogen (secondary N) is 1. The summed E-state index contributed by atoms with van der Waals surface area (Å²) in [4.78, 5) is 0. The highest BCUT2D eigenvalue weighted by atomic mass is 14.9. The van der Waals surface area contributed by atoms with Crippen molar-refractivity contribution < 1.29 is 0 Å². The molecule has 0 fully saturated rings. The predicted octanol–water partition coefficient (Wildman–Crippen LogP) is 1.49. The van der Waals surface area contributed by atoms with Crippen LogP contribution in [0.2, 0.25) is 0 Å². The van der Waals surface area contributed by atoms with Crippen LogP contribution in [0.3, 0.4) is 0 Å². The number of nitrogens with two attached hydrogens (primary N) is 1. The second-order valence-electron chi connectivity index (χ2n) is 2.17. The fourth-order valence-electron chi connectivity index (χ4n) is 0.551. The van der Waals surface area contributed by atoms with Gasteiger partial charge in [0, 0.05) is 5.70 Å². The Bertz CT molecular complexity index is 178. The molecule has 2 heteroatoms. The fourth-order valence-corrected chi connectivity index (χ4v) is 0.551. The molecule has 2 nitrogen and oxygen atoms in total. The molecule has 0 atom stereocenters. The predicted molar refractivity (Wildman–Crippen MR) is 45.0 cm³/mol. The highest BCUT2D eigenvalue weighted by Crippen LogP contribution is 2.02. The van der Waals surface area contributed by atoms with E-state index < -0.39 is 0 Å².